The second-order valence-corrected chi connectivity index (χ2v) is 6.18. The zero-order valence-corrected chi connectivity index (χ0v) is 15.6. The van der Waals surface area contributed by atoms with E-state index in [4.69, 9.17) is 18.9 Å². The molecule has 2 aromatic carbocycles. The highest BCUT2D eigenvalue weighted by molar-refractivity contribution is 6.36. The molecule has 0 fully saturated rings. The summed E-state index contributed by atoms with van der Waals surface area (Å²) >= 11 is 0. The number of ether oxygens (including phenoxy) is 4. The van der Waals surface area contributed by atoms with Crippen molar-refractivity contribution in [2.45, 2.75) is 0 Å². The van der Waals surface area contributed by atoms with Crippen LogP contribution in [0.2, 0.25) is 0 Å². The Morgan fingerprint density at radius 2 is 1.68 bits per heavy atom. The van der Waals surface area contributed by atoms with Crippen LogP contribution in [0.15, 0.2) is 42.1 Å². The van der Waals surface area contributed by atoms with E-state index >= 15 is 0 Å². The molecule has 0 atom stereocenters. The number of likely N-dealkylation sites (N-methyl/N-ethyl adjacent to an activating group) is 1. The number of fused-ring (bicyclic) bond motifs is 1. The minimum absolute atomic E-state index is 0.151. The number of rotatable bonds is 5. The molecule has 144 valence electrons. The molecular formula is C20H18N2O6. The highest BCUT2D eigenvalue weighted by Gasteiger charge is 2.37. The molecule has 0 bridgehead atoms. The van der Waals surface area contributed by atoms with E-state index in [9.17, 15) is 9.59 Å². The van der Waals surface area contributed by atoms with E-state index in [-0.39, 0.29) is 18.1 Å². The first kappa shape index (κ1) is 17.7. The Kier molecular flexibility index (Phi) is 4.31. The number of benzene rings is 2. The van der Waals surface area contributed by atoms with Gasteiger partial charge in [-0.25, -0.2) is 0 Å². The van der Waals surface area contributed by atoms with Crippen LogP contribution in [0.4, 0.5) is 5.69 Å². The van der Waals surface area contributed by atoms with Crippen molar-refractivity contribution < 1.29 is 28.5 Å². The Labute approximate surface area is 161 Å². The Morgan fingerprint density at radius 3 is 2.43 bits per heavy atom. The minimum atomic E-state index is -0.424. The van der Waals surface area contributed by atoms with E-state index in [2.05, 4.69) is 5.32 Å². The molecule has 2 aliphatic heterocycles. The fourth-order valence-electron chi connectivity index (χ4n) is 3.14. The van der Waals surface area contributed by atoms with Crippen LogP contribution in [0.25, 0.3) is 5.57 Å². The first-order chi connectivity index (χ1) is 13.5. The molecule has 8 heteroatoms. The summed E-state index contributed by atoms with van der Waals surface area (Å²) in [6.45, 7) is 0.151. The minimum Gasteiger partial charge on any atom is -0.493 e. The van der Waals surface area contributed by atoms with Crippen LogP contribution in [0.1, 0.15) is 5.56 Å². The van der Waals surface area contributed by atoms with E-state index in [1.54, 1.807) is 36.4 Å². The number of nitrogens with one attached hydrogen (secondary N) is 1. The number of anilines is 1. The van der Waals surface area contributed by atoms with Gasteiger partial charge in [-0.3, -0.25) is 14.5 Å². The summed E-state index contributed by atoms with van der Waals surface area (Å²) < 4.78 is 21.2. The molecule has 8 nitrogen and oxygen atoms in total. The van der Waals surface area contributed by atoms with Gasteiger partial charge in [-0.1, -0.05) is 6.07 Å². The molecule has 0 radical (unpaired) electrons. The van der Waals surface area contributed by atoms with Crippen molar-refractivity contribution in [3.05, 3.63) is 47.7 Å². The number of imide groups is 1. The van der Waals surface area contributed by atoms with Crippen molar-refractivity contribution in [3.8, 4) is 23.0 Å². The fraction of sp³-hybridized carbons (Fsp3) is 0.200. The molecule has 28 heavy (non-hydrogen) atoms. The van der Waals surface area contributed by atoms with Gasteiger partial charge in [-0.2, -0.15) is 0 Å². The summed E-state index contributed by atoms with van der Waals surface area (Å²) in [6.07, 6.45) is 0. The molecule has 0 aliphatic carbocycles. The number of methoxy groups -OCH3 is 2. The van der Waals surface area contributed by atoms with Crippen LogP contribution in [0.5, 0.6) is 23.0 Å². The van der Waals surface area contributed by atoms with Gasteiger partial charge >= 0.3 is 0 Å². The van der Waals surface area contributed by atoms with E-state index in [1.807, 2.05) is 0 Å². The molecule has 0 saturated heterocycles. The smallest absolute Gasteiger partial charge is 0.277 e. The third-order valence-corrected chi connectivity index (χ3v) is 4.60. The Balaban J connectivity index is 1.78. The molecule has 0 saturated carbocycles. The summed E-state index contributed by atoms with van der Waals surface area (Å²) in [5, 5.41) is 3.06. The SMILES string of the molecule is COc1ccc(C2=C(Nc3ccc4c(c3)OCO4)C(=O)N(C)C2=O)cc1OC. The molecule has 2 aliphatic rings. The number of nitrogens with zero attached hydrogens (tertiary/aromatic N) is 1. The molecule has 0 spiro atoms. The molecule has 0 aromatic heterocycles. The van der Waals surface area contributed by atoms with E-state index in [0.717, 1.165) is 4.90 Å². The first-order valence-electron chi connectivity index (χ1n) is 8.49. The molecular weight excluding hydrogens is 364 g/mol. The van der Waals surface area contributed by atoms with Crippen molar-refractivity contribution in [1.82, 2.24) is 4.90 Å². The van der Waals surface area contributed by atoms with E-state index in [0.29, 0.717) is 34.2 Å². The van der Waals surface area contributed by atoms with Gasteiger partial charge in [0.25, 0.3) is 11.8 Å². The molecule has 2 heterocycles. The van der Waals surface area contributed by atoms with Crippen LogP contribution >= 0.6 is 0 Å². The molecule has 0 unspecified atom stereocenters. The molecule has 1 N–H and O–H groups in total. The zero-order valence-electron chi connectivity index (χ0n) is 15.6. The highest BCUT2D eigenvalue weighted by atomic mass is 16.7. The van der Waals surface area contributed by atoms with Crippen molar-refractivity contribution in [2.75, 3.05) is 33.4 Å². The number of carbonyl (C=O) groups excluding carboxylic acids is 2. The maximum absolute atomic E-state index is 12.7. The van der Waals surface area contributed by atoms with Crippen LogP contribution in [0, 0.1) is 0 Å². The van der Waals surface area contributed by atoms with Gasteiger partial charge in [-0.05, 0) is 29.8 Å². The first-order valence-corrected chi connectivity index (χ1v) is 8.49. The fourth-order valence-corrected chi connectivity index (χ4v) is 3.14. The summed E-state index contributed by atoms with van der Waals surface area (Å²) in [5.41, 5.74) is 1.59. The maximum atomic E-state index is 12.7. The normalized spacial score (nSPS) is 15.3. The molecule has 4 rings (SSSR count). The largest absolute Gasteiger partial charge is 0.493 e. The van der Waals surface area contributed by atoms with E-state index in [1.165, 1.54) is 21.3 Å². The summed E-state index contributed by atoms with van der Waals surface area (Å²) in [7, 11) is 4.48. The predicted molar refractivity (Wildman–Crippen MR) is 100 cm³/mol. The average Bonchev–Trinajstić information content (AvgIpc) is 3.26. The van der Waals surface area contributed by atoms with Crippen molar-refractivity contribution in [2.24, 2.45) is 0 Å². The lowest BCUT2D eigenvalue weighted by Gasteiger charge is -2.11. The van der Waals surface area contributed by atoms with Gasteiger partial charge < -0.3 is 24.3 Å². The van der Waals surface area contributed by atoms with Crippen LogP contribution in [0.3, 0.4) is 0 Å². The average molecular weight is 382 g/mol. The van der Waals surface area contributed by atoms with Gasteiger partial charge in [-0.15, -0.1) is 0 Å². The molecule has 2 amide bonds. The lowest BCUT2D eigenvalue weighted by atomic mass is 10.0. The van der Waals surface area contributed by atoms with Crippen LogP contribution < -0.4 is 24.3 Å². The second-order valence-electron chi connectivity index (χ2n) is 6.18. The van der Waals surface area contributed by atoms with Crippen LogP contribution in [-0.4, -0.2) is 44.8 Å². The monoisotopic (exact) mass is 382 g/mol. The van der Waals surface area contributed by atoms with Gasteiger partial charge in [0.2, 0.25) is 6.79 Å². The van der Waals surface area contributed by atoms with Gasteiger partial charge in [0.15, 0.2) is 23.0 Å². The third-order valence-electron chi connectivity index (χ3n) is 4.60. The predicted octanol–water partition coefficient (Wildman–Crippen LogP) is 2.25. The van der Waals surface area contributed by atoms with Gasteiger partial charge in [0.05, 0.1) is 19.8 Å². The zero-order chi connectivity index (χ0) is 19.8. The standard InChI is InChI=1S/C20H18N2O6/c1-22-19(23)17(11-4-6-13(25-2)15(8-11)26-3)18(20(22)24)21-12-5-7-14-16(9-12)28-10-27-14/h4-9,21H,10H2,1-3H3. The number of carbonyl (C=O) groups is 2. The van der Waals surface area contributed by atoms with E-state index < -0.39 is 11.8 Å². The van der Waals surface area contributed by atoms with Crippen molar-refractivity contribution >= 4 is 23.1 Å². The molecule has 2 aromatic rings. The summed E-state index contributed by atoms with van der Waals surface area (Å²) in [4.78, 5) is 26.5. The summed E-state index contributed by atoms with van der Waals surface area (Å²) in [5.74, 6) is 1.37. The van der Waals surface area contributed by atoms with Crippen molar-refractivity contribution in [3.63, 3.8) is 0 Å². The Bertz CT molecular complexity index is 1010. The number of hydrogen-bond acceptors (Lipinski definition) is 7. The third kappa shape index (κ3) is 2.79. The lowest BCUT2D eigenvalue weighted by molar-refractivity contribution is -0.135. The quantitative estimate of drug-likeness (QED) is 0.794. The summed E-state index contributed by atoms with van der Waals surface area (Å²) in [6, 6.07) is 10.3. The topological polar surface area (TPSA) is 86.3 Å². The second kappa shape index (κ2) is 6.80. The Hall–Kier alpha value is -3.68. The number of hydrogen-bond donors (Lipinski definition) is 1. The van der Waals surface area contributed by atoms with Crippen molar-refractivity contribution in [1.29, 1.82) is 0 Å². The lowest BCUT2D eigenvalue weighted by Crippen LogP contribution is -2.27. The maximum Gasteiger partial charge on any atom is 0.277 e. The Morgan fingerprint density at radius 1 is 0.929 bits per heavy atom. The highest BCUT2D eigenvalue weighted by Crippen LogP contribution is 2.37. The van der Waals surface area contributed by atoms with Gasteiger partial charge in [0.1, 0.15) is 5.70 Å². The van der Waals surface area contributed by atoms with Gasteiger partial charge in [0, 0.05) is 18.8 Å². The van der Waals surface area contributed by atoms with Crippen LogP contribution in [-0.2, 0) is 9.59 Å². The number of amides is 2.